The van der Waals surface area contributed by atoms with Gasteiger partial charge in [0.25, 0.3) is 5.56 Å². The quantitative estimate of drug-likeness (QED) is 0.708. The maximum absolute atomic E-state index is 13.1. The van der Waals surface area contributed by atoms with Crippen molar-refractivity contribution in [1.29, 1.82) is 0 Å². The number of anilines is 1. The highest BCUT2D eigenvalue weighted by Crippen LogP contribution is 2.27. The zero-order valence-corrected chi connectivity index (χ0v) is 17.5. The van der Waals surface area contributed by atoms with Gasteiger partial charge in [-0.1, -0.05) is 67.2 Å². The smallest absolute Gasteiger partial charge is 0.295 e. The molecular weight excluding hydrogens is 382 g/mol. The van der Waals surface area contributed by atoms with Crippen molar-refractivity contribution >= 4 is 28.3 Å². The molecule has 7 heteroatoms. The van der Waals surface area contributed by atoms with E-state index in [-0.39, 0.29) is 10.8 Å². The summed E-state index contributed by atoms with van der Waals surface area (Å²) in [5.74, 6) is 0. The first-order chi connectivity index (χ1) is 14.1. The third kappa shape index (κ3) is 3.65. The van der Waals surface area contributed by atoms with E-state index in [0.29, 0.717) is 10.9 Å². The summed E-state index contributed by atoms with van der Waals surface area (Å²) in [6.45, 7) is 4.06. The summed E-state index contributed by atoms with van der Waals surface area (Å²) in [6.07, 6.45) is 0.918. The molecule has 2 aromatic carbocycles. The zero-order valence-electron chi connectivity index (χ0n) is 16.7. The van der Waals surface area contributed by atoms with Gasteiger partial charge in [0.05, 0.1) is 22.3 Å². The van der Waals surface area contributed by atoms with Crippen molar-refractivity contribution in [2.75, 3.05) is 5.32 Å². The topological polar surface area (TPSA) is 63.7 Å². The van der Waals surface area contributed by atoms with E-state index < -0.39 is 0 Å². The Balaban J connectivity index is 1.68. The molecule has 29 heavy (non-hydrogen) atoms. The molecule has 3 aromatic rings. The standard InChI is InChI=1S/C22H23N5OS/c1-4-18-20(16-11-7-5-8-12-16)24-25-22(29-18)23-19-15(2)26(3)27(21(19)28)17-13-9-6-10-14-17/h5-14,18H,4H2,1-3H3,(H,23,25). The molecule has 0 spiro atoms. The lowest BCUT2D eigenvalue weighted by atomic mass is 10.1. The summed E-state index contributed by atoms with van der Waals surface area (Å²) in [5, 5.41) is 12.9. The Kier molecular flexibility index (Phi) is 5.40. The summed E-state index contributed by atoms with van der Waals surface area (Å²) in [7, 11) is 1.88. The summed E-state index contributed by atoms with van der Waals surface area (Å²) >= 11 is 1.61. The number of thioether (sulfide) groups is 1. The molecule has 0 saturated carbocycles. The van der Waals surface area contributed by atoms with Crippen LogP contribution in [0.3, 0.4) is 0 Å². The Bertz CT molecular complexity index is 1130. The third-order valence-electron chi connectivity index (χ3n) is 5.03. The Hall–Kier alpha value is -3.06. The van der Waals surface area contributed by atoms with E-state index in [0.717, 1.165) is 29.1 Å². The summed E-state index contributed by atoms with van der Waals surface area (Å²) in [6, 6.07) is 19.7. The van der Waals surface area contributed by atoms with Crippen LogP contribution in [0, 0.1) is 6.92 Å². The Labute approximate surface area is 174 Å². The van der Waals surface area contributed by atoms with E-state index in [1.807, 2.05) is 67.2 Å². The van der Waals surface area contributed by atoms with Gasteiger partial charge in [-0.05, 0) is 31.0 Å². The number of hydrogen-bond acceptors (Lipinski definition) is 5. The Morgan fingerprint density at radius 3 is 2.34 bits per heavy atom. The zero-order chi connectivity index (χ0) is 20.4. The highest BCUT2D eigenvalue weighted by molar-refractivity contribution is 8.15. The van der Waals surface area contributed by atoms with E-state index in [1.165, 1.54) is 0 Å². The number of para-hydroxylation sites is 1. The van der Waals surface area contributed by atoms with Crippen molar-refractivity contribution in [1.82, 2.24) is 9.36 Å². The molecule has 0 saturated heterocycles. The molecule has 0 fully saturated rings. The normalized spacial score (nSPS) is 16.3. The van der Waals surface area contributed by atoms with E-state index in [4.69, 9.17) is 0 Å². The number of nitrogens with one attached hydrogen (secondary N) is 1. The van der Waals surface area contributed by atoms with Gasteiger partial charge in [-0.15, -0.1) is 5.10 Å². The number of benzene rings is 2. The Morgan fingerprint density at radius 1 is 1.03 bits per heavy atom. The monoisotopic (exact) mass is 405 g/mol. The van der Waals surface area contributed by atoms with E-state index in [2.05, 4.69) is 34.6 Å². The van der Waals surface area contributed by atoms with Crippen LogP contribution in [0.4, 0.5) is 5.69 Å². The first-order valence-corrected chi connectivity index (χ1v) is 10.5. The van der Waals surface area contributed by atoms with Crippen molar-refractivity contribution in [3.05, 3.63) is 82.3 Å². The number of nitrogens with zero attached hydrogens (tertiary/aromatic N) is 4. The molecule has 4 rings (SSSR count). The van der Waals surface area contributed by atoms with Crippen LogP contribution in [0.1, 0.15) is 24.6 Å². The van der Waals surface area contributed by atoms with Crippen molar-refractivity contribution < 1.29 is 0 Å². The first kappa shape index (κ1) is 19.3. The van der Waals surface area contributed by atoms with Gasteiger partial charge in [-0.3, -0.25) is 9.48 Å². The minimum absolute atomic E-state index is 0.106. The molecule has 1 unspecified atom stereocenters. The van der Waals surface area contributed by atoms with Gasteiger partial charge in [-0.2, -0.15) is 5.10 Å². The molecule has 1 atom stereocenters. The highest BCUT2D eigenvalue weighted by atomic mass is 32.2. The molecule has 148 valence electrons. The highest BCUT2D eigenvalue weighted by Gasteiger charge is 2.25. The van der Waals surface area contributed by atoms with Crippen LogP contribution in [-0.4, -0.2) is 25.5 Å². The number of rotatable bonds is 4. The van der Waals surface area contributed by atoms with Gasteiger partial charge in [0.1, 0.15) is 5.69 Å². The second kappa shape index (κ2) is 8.13. The third-order valence-corrected chi connectivity index (χ3v) is 6.28. The van der Waals surface area contributed by atoms with Gasteiger partial charge in [-0.25, -0.2) is 4.68 Å². The molecule has 1 aromatic heterocycles. The summed E-state index contributed by atoms with van der Waals surface area (Å²) in [4.78, 5) is 13.1. The lowest BCUT2D eigenvalue weighted by Gasteiger charge is -2.21. The second-order valence-electron chi connectivity index (χ2n) is 6.83. The largest absolute Gasteiger partial charge is 0.327 e. The van der Waals surface area contributed by atoms with Crippen molar-refractivity contribution in [3.63, 3.8) is 0 Å². The molecular formula is C22H23N5OS. The van der Waals surface area contributed by atoms with Crippen LogP contribution in [-0.2, 0) is 7.05 Å². The van der Waals surface area contributed by atoms with Gasteiger partial charge in [0.2, 0.25) is 0 Å². The average Bonchev–Trinajstić information content (AvgIpc) is 2.98. The fourth-order valence-electron chi connectivity index (χ4n) is 3.38. The maximum atomic E-state index is 13.1. The number of amidine groups is 1. The SMILES string of the molecule is CCC1SC(Nc2c(C)n(C)n(-c3ccccc3)c2=O)=NN=C1c1ccccc1. The number of hydrogen-bond donors (Lipinski definition) is 1. The molecule has 1 N–H and O–H groups in total. The Morgan fingerprint density at radius 2 is 1.69 bits per heavy atom. The predicted octanol–water partition coefficient (Wildman–Crippen LogP) is 4.18. The molecule has 0 radical (unpaired) electrons. The fraction of sp³-hybridized carbons (Fsp3) is 0.227. The van der Waals surface area contributed by atoms with E-state index in [1.54, 1.807) is 16.4 Å². The lowest BCUT2D eigenvalue weighted by molar-refractivity contribution is 0.630. The van der Waals surface area contributed by atoms with Gasteiger partial charge in [0.15, 0.2) is 5.17 Å². The summed E-state index contributed by atoms with van der Waals surface area (Å²) < 4.78 is 3.51. The van der Waals surface area contributed by atoms with Crippen LogP contribution in [0.5, 0.6) is 0 Å². The average molecular weight is 406 g/mol. The van der Waals surface area contributed by atoms with Crippen molar-refractivity contribution in [2.24, 2.45) is 17.3 Å². The van der Waals surface area contributed by atoms with E-state index in [9.17, 15) is 4.79 Å². The molecule has 2 heterocycles. The van der Waals surface area contributed by atoms with Crippen LogP contribution in [0.25, 0.3) is 5.69 Å². The minimum Gasteiger partial charge on any atom is -0.327 e. The molecule has 0 bridgehead atoms. The predicted molar refractivity (Wildman–Crippen MR) is 121 cm³/mol. The second-order valence-corrected chi connectivity index (χ2v) is 8.02. The van der Waals surface area contributed by atoms with Gasteiger partial charge in [0, 0.05) is 7.05 Å². The van der Waals surface area contributed by atoms with Crippen molar-refractivity contribution in [2.45, 2.75) is 25.5 Å². The molecule has 0 aliphatic carbocycles. The van der Waals surface area contributed by atoms with Gasteiger partial charge >= 0.3 is 0 Å². The lowest BCUT2D eigenvalue weighted by Crippen LogP contribution is -2.27. The fourth-order valence-corrected chi connectivity index (χ4v) is 4.36. The maximum Gasteiger partial charge on any atom is 0.295 e. The molecule has 1 aliphatic heterocycles. The van der Waals surface area contributed by atoms with Crippen LogP contribution in [0.15, 0.2) is 75.7 Å². The van der Waals surface area contributed by atoms with Crippen LogP contribution < -0.4 is 10.9 Å². The molecule has 1 aliphatic rings. The first-order valence-electron chi connectivity index (χ1n) is 9.58. The molecule has 0 amide bonds. The van der Waals surface area contributed by atoms with Crippen molar-refractivity contribution in [3.8, 4) is 5.69 Å². The van der Waals surface area contributed by atoms with Crippen LogP contribution in [0.2, 0.25) is 0 Å². The van der Waals surface area contributed by atoms with Gasteiger partial charge < -0.3 is 5.32 Å². The number of aromatic nitrogens is 2. The summed E-state index contributed by atoms with van der Waals surface area (Å²) in [5.41, 5.74) is 4.13. The minimum atomic E-state index is -0.106. The molecule has 6 nitrogen and oxygen atoms in total. The van der Waals surface area contributed by atoms with Crippen LogP contribution >= 0.6 is 11.8 Å². The van der Waals surface area contributed by atoms with E-state index >= 15 is 0 Å².